The van der Waals surface area contributed by atoms with Crippen LogP contribution in [0.4, 0.5) is 0 Å². The average Bonchev–Trinajstić information content (AvgIpc) is 2.91. The van der Waals surface area contributed by atoms with E-state index < -0.39 is 0 Å². The third kappa shape index (κ3) is 2.42. The highest BCUT2D eigenvalue weighted by Gasteiger charge is 2.50. The van der Waals surface area contributed by atoms with Crippen molar-refractivity contribution in [3.63, 3.8) is 0 Å². The van der Waals surface area contributed by atoms with Crippen LogP contribution in [0.2, 0.25) is 0 Å². The Morgan fingerprint density at radius 2 is 1.95 bits per heavy atom. The molecule has 0 aromatic rings. The molecule has 0 radical (unpaired) electrons. The summed E-state index contributed by atoms with van der Waals surface area (Å²) in [6.45, 7) is 4.21. The zero-order chi connectivity index (χ0) is 13.4. The van der Waals surface area contributed by atoms with Gasteiger partial charge in [0.15, 0.2) is 0 Å². The van der Waals surface area contributed by atoms with E-state index in [9.17, 15) is 4.79 Å². The van der Waals surface area contributed by atoms with Gasteiger partial charge in [0, 0.05) is 19.1 Å². The fraction of sp³-hybridized carbons (Fsp3) is 0.938. The molecule has 5 unspecified atom stereocenters. The molecule has 2 saturated carbocycles. The van der Waals surface area contributed by atoms with Crippen molar-refractivity contribution in [2.24, 2.45) is 29.4 Å². The molecule has 1 amide bonds. The monoisotopic (exact) mass is 264 g/mol. The number of hydrogen-bond donors (Lipinski definition) is 1. The average molecular weight is 264 g/mol. The number of carbonyl (C=O) groups excluding carboxylic acids is 1. The van der Waals surface area contributed by atoms with Gasteiger partial charge < -0.3 is 10.6 Å². The third-order valence-corrected chi connectivity index (χ3v) is 6.00. The number of amides is 1. The van der Waals surface area contributed by atoms with E-state index in [1.165, 1.54) is 44.9 Å². The molecule has 3 rings (SSSR count). The number of likely N-dealkylation sites (tertiary alicyclic amines) is 1. The number of nitrogens with two attached hydrogens (primary N) is 1. The molecule has 3 heteroatoms. The largest absolute Gasteiger partial charge is 0.342 e. The molecular weight excluding hydrogens is 236 g/mol. The molecule has 3 nitrogen and oxygen atoms in total. The normalized spacial score (nSPS) is 42.4. The van der Waals surface area contributed by atoms with Crippen LogP contribution in [0, 0.1) is 23.7 Å². The van der Waals surface area contributed by atoms with Crippen LogP contribution in [0.25, 0.3) is 0 Å². The summed E-state index contributed by atoms with van der Waals surface area (Å²) >= 11 is 0. The molecule has 3 aliphatic rings. The summed E-state index contributed by atoms with van der Waals surface area (Å²) in [6.07, 6.45) is 8.63. The molecule has 2 N–H and O–H groups in total. The second-order valence-electron chi connectivity index (χ2n) is 6.97. The Bertz CT molecular complexity index is 342. The molecular formula is C16H28N2O. The van der Waals surface area contributed by atoms with Crippen LogP contribution in [0.3, 0.4) is 0 Å². The van der Waals surface area contributed by atoms with Gasteiger partial charge in [0.1, 0.15) is 0 Å². The minimum Gasteiger partial charge on any atom is -0.342 e. The maximum atomic E-state index is 12.8. The Morgan fingerprint density at radius 3 is 2.63 bits per heavy atom. The van der Waals surface area contributed by atoms with Crippen molar-refractivity contribution in [2.75, 3.05) is 13.1 Å². The number of rotatable bonds is 2. The van der Waals surface area contributed by atoms with Crippen molar-refractivity contribution in [3.05, 3.63) is 0 Å². The minimum absolute atomic E-state index is 0.150. The molecule has 2 bridgehead atoms. The maximum absolute atomic E-state index is 12.8. The third-order valence-electron chi connectivity index (χ3n) is 6.00. The second kappa shape index (κ2) is 5.43. The Morgan fingerprint density at radius 1 is 1.16 bits per heavy atom. The summed E-state index contributed by atoms with van der Waals surface area (Å²) in [5.41, 5.74) is 6.32. The molecule has 3 fully saturated rings. The molecule has 1 saturated heterocycles. The lowest BCUT2D eigenvalue weighted by atomic mass is 9.84. The van der Waals surface area contributed by atoms with Gasteiger partial charge in [0.25, 0.3) is 0 Å². The number of carbonyl (C=O) groups is 1. The van der Waals surface area contributed by atoms with Crippen LogP contribution in [-0.2, 0) is 4.79 Å². The zero-order valence-corrected chi connectivity index (χ0v) is 12.2. The molecule has 2 aliphatic carbocycles. The van der Waals surface area contributed by atoms with Crippen molar-refractivity contribution in [1.82, 2.24) is 4.90 Å². The van der Waals surface area contributed by atoms with Gasteiger partial charge in [-0.1, -0.05) is 13.3 Å². The van der Waals surface area contributed by atoms with E-state index in [1.807, 2.05) is 0 Å². The Labute approximate surface area is 116 Å². The van der Waals surface area contributed by atoms with Gasteiger partial charge in [-0.3, -0.25) is 4.79 Å². The van der Waals surface area contributed by atoms with Crippen LogP contribution in [0.5, 0.6) is 0 Å². The molecule has 5 atom stereocenters. The Kier molecular flexibility index (Phi) is 3.84. The van der Waals surface area contributed by atoms with Crippen molar-refractivity contribution in [2.45, 2.75) is 57.9 Å². The van der Waals surface area contributed by atoms with Crippen LogP contribution in [0.15, 0.2) is 0 Å². The molecule has 0 aromatic carbocycles. The highest BCUT2D eigenvalue weighted by molar-refractivity contribution is 5.80. The Balaban J connectivity index is 1.64. The molecule has 0 aromatic heterocycles. The maximum Gasteiger partial charge on any atom is 0.227 e. The first-order valence-corrected chi connectivity index (χ1v) is 8.25. The van der Waals surface area contributed by atoms with E-state index in [1.54, 1.807) is 0 Å². The van der Waals surface area contributed by atoms with Crippen molar-refractivity contribution in [3.8, 4) is 0 Å². The summed E-state index contributed by atoms with van der Waals surface area (Å²) in [5, 5.41) is 0. The molecule has 19 heavy (non-hydrogen) atoms. The fourth-order valence-corrected chi connectivity index (χ4v) is 4.71. The van der Waals surface area contributed by atoms with Gasteiger partial charge in [0.2, 0.25) is 5.91 Å². The highest BCUT2D eigenvalue weighted by atomic mass is 16.2. The number of fused-ring (bicyclic) bond motifs is 2. The first-order valence-electron chi connectivity index (χ1n) is 8.25. The van der Waals surface area contributed by atoms with Gasteiger partial charge >= 0.3 is 0 Å². The smallest absolute Gasteiger partial charge is 0.227 e. The molecule has 0 spiro atoms. The summed E-state index contributed by atoms with van der Waals surface area (Å²) < 4.78 is 0. The fourth-order valence-electron chi connectivity index (χ4n) is 4.71. The molecule has 1 heterocycles. The zero-order valence-electron chi connectivity index (χ0n) is 12.2. The van der Waals surface area contributed by atoms with E-state index in [4.69, 9.17) is 5.73 Å². The van der Waals surface area contributed by atoms with E-state index in [0.717, 1.165) is 19.0 Å². The predicted octanol–water partition coefficient (Wildman–Crippen LogP) is 2.40. The second-order valence-corrected chi connectivity index (χ2v) is 6.97. The SMILES string of the molecule is CCC1CCCN(C(=O)C2C3CCC(C3)C2N)CC1. The van der Waals surface area contributed by atoms with E-state index in [0.29, 0.717) is 17.7 Å². The number of nitrogens with zero attached hydrogens (tertiary/aromatic N) is 1. The van der Waals surface area contributed by atoms with Gasteiger partial charge in [-0.25, -0.2) is 0 Å². The molecule has 108 valence electrons. The van der Waals surface area contributed by atoms with Crippen molar-refractivity contribution >= 4 is 5.91 Å². The first kappa shape index (κ1) is 13.4. The summed E-state index contributed by atoms with van der Waals surface area (Å²) in [5.74, 6) is 2.59. The van der Waals surface area contributed by atoms with Crippen LogP contribution in [-0.4, -0.2) is 29.9 Å². The summed E-state index contributed by atoms with van der Waals surface area (Å²) in [6, 6.07) is 0.150. The van der Waals surface area contributed by atoms with Gasteiger partial charge in [-0.2, -0.15) is 0 Å². The number of hydrogen-bond acceptors (Lipinski definition) is 2. The van der Waals surface area contributed by atoms with E-state index >= 15 is 0 Å². The quantitative estimate of drug-likeness (QED) is 0.832. The predicted molar refractivity (Wildman–Crippen MR) is 76.5 cm³/mol. The lowest BCUT2D eigenvalue weighted by Gasteiger charge is -2.32. The van der Waals surface area contributed by atoms with Crippen LogP contribution in [0.1, 0.15) is 51.9 Å². The van der Waals surface area contributed by atoms with Crippen LogP contribution >= 0.6 is 0 Å². The van der Waals surface area contributed by atoms with E-state index in [-0.39, 0.29) is 12.0 Å². The van der Waals surface area contributed by atoms with Crippen molar-refractivity contribution in [1.29, 1.82) is 0 Å². The lowest BCUT2D eigenvalue weighted by molar-refractivity contribution is -0.137. The molecule has 1 aliphatic heterocycles. The summed E-state index contributed by atoms with van der Waals surface area (Å²) in [7, 11) is 0. The highest BCUT2D eigenvalue weighted by Crippen LogP contribution is 2.48. The first-order chi connectivity index (χ1) is 9.20. The van der Waals surface area contributed by atoms with Gasteiger partial charge in [-0.05, 0) is 56.3 Å². The Hall–Kier alpha value is -0.570. The van der Waals surface area contributed by atoms with Gasteiger partial charge in [-0.15, -0.1) is 0 Å². The van der Waals surface area contributed by atoms with Gasteiger partial charge in [0.05, 0.1) is 5.92 Å². The minimum atomic E-state index is 0.150. The topological polar surface area (TPSA) is 46.3 Å². The van der Waals surface area contributed by atoms with Crippen molar-refractivity contribution < 1.29 is 4.79 Å². The summed E-state index contributed by atoms with van der Waals surface area (Å²) in [4.78, 5) is 14.9. The lowest BCUT2D eigenvalue weighted by Crippen LogP contribution is -2.47. The van der Waals surface area contributed by atoms with E-state index in [2.05, 4.69) is 11.8 Å². The van der Waals surface area contributed by atoms with Crippen LogP contribution < -0.4 is 5.73 Å². The standard InChI is InChI=1S/C16H28N2O/c1-2-11-4-3-8-18(9-7-11)16(19)14-12-5-6-13(10-12)15(14)17/h11-15H,2-10,17H2,1H3.